The summed E-state index contributed by atoms with van der Waals surface area (Å²) in [5.41, 5.74) is 3.89. The maximum Gasteiger partial charge on any atom is 0.231 e. The Bertz CT molecular complexity index is 948. The van der Waals surface area contributed by atoms with Gasteiger partial charge in [0.15, 0.2) is 5.65 Å². The molecule has 1 aliphatic heterocycles. The summed E-state index contributed by atoms with van der Waals surface area (Å²) in [4.78, 5) is 15.0. The number of amides is 1. The van der Waals surface area contributed by atoms with Gasteiger partial charge in [-0.2, -0.15) is 0 Å². The summed E-state index contributed by atoms with van der Waals surface area (Å²) < 4.78 is 2.06. The quantitative estimate of drug-likeness (QED) is 0.789. The summed E-state index contributed by atoms with van der Waals surface area (Å²) in [6, 6.07) is 13.9. The highest BCUT2D eigenvalue weighted by Crippen LogP contribution is 2.25. The molecule has 1 amide bonds. The minimum atomic E-state index is -0.0558. The van der Waals surface area contributed by atoms with E-state index in [9.17, 15) is 4.79 Å². The number of hydrogen-bond donors (Lipinski definition) is 1. The number of anilines is 2. The second-order valence-electron chi connectivity index (χ2n) is 6.95. The molecule has 26 heavy (non-hydrogen) atoms. The number of carbonyl (C=O) groups excluding carboxylic acids is 1. The molecule has 1 fully saturated rings. The van der Waals surface area contributed by atoms with Crippen LogP contribution in [0.25, 0.3) is 5.65 Å². The standard InChI is InChI=1S/C20H23N5O/c1-14-7-3-4-10-17(14)21-19(26)16-9-6-12-24(13-16)20-23-22-18-11-5-8-15(2)25(18)20/h3-5,7-8,10-11,16H,6,9,12-13H2,1-2H3,(H,21,26). The molecule has 0 aliphatic carbocycles. The van der Waals surface area contributed by atoms with Gasteiger partial charge in [-0.25, -0.2) is 0 Å². The molecule has 4 rings (SSSR count). The zero-order chi connectivity index (χ0) is 18.1. The number of benzene rings is 1. The first kappa shape index (κ1) is 16.6. The van der Waals surface area contributed by atoms with Crippen LogP contribution in [0.2, 0.25) is 0 Å². The molecule has 6 nitrogen and oxygen atoms in total. The van der Waals surface area contributed by atoms with E-state index in [0.717, 1.165) is 47.9 Å². The Morgan fingerprint density at radius 2 is 1.96 bits per heavy atom. The smallest absolute Gasteiger partial charge is 0.231 e. The van der Waals surface area contributed by atoms with E-state index in [2.05, 4.69) is 24.8 Å². The van der Waals surface area contributed by atoms with Crippen molar-refractivity contribution in [2.75, 3.05) is 23.3 Å². The van der Waals surface area contributed by atoms with Crippen molar-refractivity contribution in [3.05, 3.63) is 53.7 Å². The van der Waals surface area contributed by atoms with Crippen LogP contribution < -0.4 is 10.2 Å². The molecule has 0 bridgehead atoms. The van der Waals surface area contributed by atoms with E-state index in [1.807, 2.05) is 56.3 Å². The molecule has 1 aromatic carbocycles. The number of para-hydroxylation sites is 1. The van der Waals surface area contributed by atoms with Crippen LogP contribution in [0.5, 0.6) is 0 Å². The van der Waals surface area contributed by atoms with Crippen LogP contribution >= 0.6 is 0 Å². The highest BCUT2D eigenvalue weighted by Gasteiger charge is 2.28. The van der Waals surface area contributed by atoms with Crippen LogP contribution in [-0.2, 0) is 4.79 Å². The first-order chi connectivity index (χ1) is 12.6. The zero-order valence-electron chi connectivity index (χ0n) is 15.1. The summed E-state index contributed by atoms with van der Waals surface area (Å²) >= 11 is 0. The van der Waals surface area contributed by atoms with Gasteiger partial charge >= 0.3 is 0 Å². The van der Waals surface area contributed by atoms with Crippen LogP contribution in [0.15, 0.2) is 42.5 Å². The molecule has 0 saturated carbocycles. The van der Waals surface area contributed by atoms with Crippen LogP contribution in [-0.4, -0.2) is 33.6 Å². The van der Waals surface area contributed by atoms with Gasteiger partial charge in [-0.15, -0.1) is 10.2 Å². The van der Waals surface area contributed by atoms with Crippen molar-refractivity contribution in [1.82, 2.24) is 14.6 Å². The molecule has 3 heterocycles. The van der Waals surface area contributed by atoms with Crippen molar-refractivity contribution >= 4 is 23.2 Å². The highest BCUT2D eigenvalue weighted by molar-refractivity contribution is 5.93. The third-order valence-electron chi connectivity index (χ3n) is 5.08. The van der Waals surface area contributed by atoms with Gasteiger partial charge in [0.2, 0.25) is 11.9 Å². The van der Waals surface area contributed by atoms with Crippen molar-refractivity contribution in [1.29, 1.82) is 0 Å². The Balaban J connectivity index is 1.54. The number of nitrogens with one attached hydrogen (secondary N) is 1. The van der Waals surface area contributed by atoms with Crippen molar-refractivity contribution in [2.45, 2.75) is 26.7 Å². The topological polar surface area (TPSA) is 62.5 Å². The minimum absolute atomic E-state index is 0.0558. The third kappa shape index (κ3) is 3.03. The summed E-state index contributed by atoms with van der Waals surface area (Å²) in [6.45, 7) is 5.61. The average Bonchev–Trinajstić information content (AvgIpc) is 3.09. The Morgan fingerprint density at radius 1 is 1.12 bits per heavy atom. The molecule has 3 aromatic rings. The summed E-state index contributed by atoms with van der Waals surface area (Å²) in [6.07, 6.45) is 1.86. The lowest BCUT2D eigenvalue weighted by Gasteiger charge is -2.32. The van der Waals surface area contributed by atoms with Gasteiger partial charge in [0.05, 0.1) is 5.92 Å². The van der Waals surface area contributed by atoms with Crippen LogP contribution in [0.3, 0.4) is 0 Å². The van der Waals surface area contributed by atoms with Crippen molar-refractivity contribution < 1.29 is 4.79 Å². The first-order valence-corrected chi connectivity index (χ1v) is 9.05. The molecular formula is C20H23N5O. The van der Waals surface area contributed by atoms with Gasteiger partial charge in [0.1, 0.15) is 0 Å². The van der Waals surface area contributed by atoms with E-state index in [0.29, 0.717) is 6.54 Å². The highest BCUT2D eigenvalue weighted by atomic mass is 16.1. The Kier molecular flexibility index (Phi) is 4.32. The molecule has 134 valence electrons. The number of fused-ring (bicyclic) bond motifs is 1. The fraction of sp³-hybridized carbons (Fsp3) is 0.350. The largest absolute Gasteiger partial charge is 0.340 e. The zero-order valence-corrected chi connectivity index (χ0v) is 15.1. The van der Waals surface area contributed by atoms with Crippen LogP contribution in [0, 0.1) is 19.8 Å². The van der Waals surface area contributed by atoms with Crippen molar-refractivity contribution in [3.63, 3.8) is 0 Å². The summed E-state index contributed by atoms with van der Waals surface area (Å²) in [7, 11) is 0. The lowest BCUT2D eigenvalue weighted by molar-refractivity contribution is -0.120. The molecular weight excluding hydrogens is 326 g/mol. The van der Waals surface area contributed by atoms with Gasteiger partial charge < -0.3 is 10.2 Å². The Labute approximate surface area is 152 Å². The average molecular weight is 349 g/mol. The Hall–Kier alpha value is -2.89. The van der Waals surface area contributed by atoms with Gasteiger partial charge in [0.25, 0.3) is 0 Å². The molecule has 1 aliphatic rings. The SMILES string of the molecule is Cc1ccccc1NC(=O)C1CCCN(c2nnc3cccc(C)n23)C1. The fourth-order valence-corrected chi connectivity index (χ4v) is 3.61. The lowest BCUT2D eigenvalue weighted by Crippen LogP contribution is -2.41. The molecule has 1 unspecified atom stereocenters. The normalized spacial score (nSPS) is 17.5. The third-order valence-corrected chi connectivity index (χ3v) is 5.08. The molecule has 1 atom stereocenters. The molecule has 2 aromatic heterocycles. The molecule has 6 heteroatoms. The van der Waals surface area contributed by atoms with E-state index in [1.54, 1.807) is 0 Å². The number of hydrogen-bond acceptors (Lipinski definition) is 4. The monoisotopic (exact) mass is 349 g/mol. The number of rotatable bonds is 3. The lowest BCUT2D eigenvalue weighted by atomic mass is 9.97. The minimum Gasteiger partial charge on any atom is -0.340 e. The maximum atomic E-state index is 12.8. The Morgan fingerprint density at radius 3 is 2.81 bits per heavy atom. The first-order valence-electron chi connectivity index (χ1n) is 9.05. The molecule has 0 radical (unpaired) electrons. The number of aromatic nitrogens is 3. The summed E-state index contributed by atoms with van der Waals surface area (Å²) in [5, 5.41) is 11.7. The van der Waals surface area contributed by atoms with Gasteiger partial charge in [-0.3, -0.25) is 9.20 Å². The number of carbonyl (C=O) groups is 1. The van der Waals surface area contributed by atoms with Crippen LogP contribution in [0.1, 0.15) is 24.1 Å². The van der Waals surface area contributed by atoms with E-state index in [1.165, 1.54) is 0 Å². The second-order valence-corrected chi connectivity index (χ2v) is 6.95. The van der Waals surface area contributed by atoms with Crippen LogP contribution in [0.4, 0.5) is 11.6 Å². The summed E-state index contributed by atoms with van der Waals surface area (Å²) in [5.74, 6) is 0.848. The van der Waals surface area contributed by atoms with Gasteiger partial charge in [-0.05, 0) is 50.5 Å². The van der Waals surface area contributed by atoms with E-state index >= 15 is 0 Å². The number of pyridine rings is 1. The second kappa shape index (κ2) is 6.78. The van der Waals surface area contributed by atoms with Gasteiger partial charge in [0, 0.05) is 24.5 Å². The van der Waals surface area contributed by atoms with E-state index < -0.39 is 0 Å². The van der Waals surface area contributed by atoms with E-state index in [-0.39, 0.29) is 11.8 Å². The maximum absolute atomic E-state index is 12.8. The molecule has 1 saturated heterocycles. The number of piperidine rings is 1. The van der Waals surface area contributed by atoms with E-state index in [4.69, 9.17) is 0 Å². The molecule has 1 N–H and O–H groups in total. The van der Waals surface area contributed by atoms with Crippen molar-refractivity contribution in [2.24, 2.45) is 5.92 Å². The van der Waals surface area contributed by atoms with Gasteiger partial charge in [-0.1, -0.05) is 24.3 Å². The van der Waals surface area contributed by atoms with Crippen molar-refractivity contribution in [3.8, 4) is 0 Å². The number of aryl methyl sites for hydroxylation is 2. The predicted molar refractivity (Wildman–Crippen MR) is 102 cm³/mol. The number of nitrogens with zero attached hydrogens (tertiary/aromatic N) is 4. The fourth-order valence-electron chi connectivity index (χ4n) is 3.61. The predicted octanol–water partition coefficient (Wildman–Crippen LogP) is 3.20. The molecule has 0 spiro atoms.